The summed E-state index contributed by atoms with van der Waals surface area (Å²) in [7, 11) is -3.99. The summed E-state index contributed by atoms with van der Waals surface area (Å²) in [5, 5.41) is 19.4. The minimum absolute atomic E-state index is 0.0438. The SMILES string of the molecule is CCc1ccc2c(c1)CCC(CC)N2S(=O)(=O)c1cccc(C#N)c1O. The molecule has 5 nitrogen and oxygen atoms in total. The van der Waals surface area contributed by atoms with Crippen LogP contribution in [-0.2, 0) is 22.9 Å². The monoisotopic (exact) mass is 370 g/mol. The summed E-state index contributed by atoms with van der Waals surface area (Å²) in [5.41, 5.74) is 2.80. The lowest BCUT2D eigenvalue weighted by Crippen LogP contribution is -2.43. The summed E-state index contributed by atoms with van der Waals surface area (Å²) in [5.74, 6) is -0.484. The molecular formula is C20H22N2O3S. The smallest absolute Gasteiger partial charge is 0.268 e. The number of aromatic hydroxyl groups is 1. The molecule has 0 saturated carbocycles. The summed E-state index contributed by atoms with van der Waals surface area (Å²) < 4.78 is 28.3. The number of hydrogen-bond acceptors (Lipinski definition) is 4. The fourth-order valence-corrected chi connectivity index (χ4v) is 5.43. The van der Waals surface area contributed by atoms with Gasteiger partial charge in [0.25, 0.3) is 10.0 Å². The molecule has 1 heterocycles. The number of anilines is 1. The van der Waals surface area contributed by atoms with Gasteiger partial charge in [0.2, 0.25) is 0 Å². The zero-order chi connectivity index (χ0) is 18.9. The molecule has 1 N–H and O–H groups in total. The minimum Gasteiger partial charge on any atom is -0.505 e. The number of hydrogen-bond donors (Lipinski definition) is 1. The third kappa shape index (κ3) is 2.93. The summed E-state index contributed by atoms with van der Waals surface area (Å²) in [6.07, 6.45) is 3.13. The first kappa shape index (κ1) is 18.3. The molecule has 2 aromatic rings. The topological polar surface area (TPSA) is 81.4 Å². The largest absolute Gasteiger partial charge is 0.505 e. The van der Waals surface area contributed by atoms with Crippen molar-refractivity contribution in [3.05, 3.63) is 53.1 Å². The number of benzene rings is 2. The molecular weight excluding hydrogens is 348 g/mol. The van der Waals surface area contributed by atoms with Crippen LogP contribution in [0.1, 0.15) is 43.4 Å². The fraction of sp³-hybridized carbons (Fsp3) is 0.350. The van der Waals surface area contributed by atoms with Gasteiger partial charge in [0, 0.05) is 6.04 Å². The second kappa shape index (κ2) is 7.00. The molecule has 26 heavy (non-hydrogen) atoms. The van der Waals surface area contributed by atoms with E-state index >= 15 is 0 Å². The van der Waals surface area contributed by atoms with Gasteiger partial charge in [0.15, 0.2) is 5.75 Å². The van der Waals surface area contributed by atoms with Gasteiger partial charge in [-0.15, -0.1) is 0 Å². The molecule has 0 saturated heterocycles. The summed E-state index contributed by atoms with van der Waals surface area (Å²) in [6, 6.07) is 11.8. The van der Waals surface area contributed by atoms with E-state index in [1.165, 1.54) is 28.1 Å². The Balaban J connectivity index is 2.19. The number of rotatable bonds is 4. The van der Waals surface area contributed by atoms with Gasteiger partial charge < -0.3 is 5.11 Å². The van der Waals surface area contributed by atoms with E-state index in [2.05, 4.69) is 13.0 Å². The molecule has 0 aliphatic carbocycles. The van der Waals surface area contributed by atoms with E-state index in [1.807, 2.05) is 25.1 Å². The van der Waals surface area contributed by atoms with Crippen molar-refractivity contribution >= 4 is 15.7 Å². The molecule has 1 aliphatic rings. The van der Waals surface area contributed by atoms with Gasteiger partial charge in [-0.1, -0.05) is 32.0 Å². The van der Waals surface area contributed by atoms with E-state index in [1.54, 1.807) is 0 Å². The number of fused-ring (bicyclic) bond motifs is 1. The van der Waals surface area contributed by atoms with Gasteiger partial charge in [0.1, 0.15) is 11.0 Å². The maximum Gasteiger partial charge on any atom is 0.268 e. The average Bonchev–Trinajstić information content (AvgIpc) is 2.66. The molecule has 136 valence electrons. The maximum absolute atomic E-state index is 13.4. The lowest BCUT2D eigenvalue weighted by Gasteiger charge is -2.37. The van der Waals surface area contributed by atoms with E-state index in [0.29, 0.717) is 12.1 Å². The first-order chi connectivity index (χ1) is 12.4. The van der Waals surface area contributed by atoms with Gasteiger partial charge in [0.05, 0.1) is 11.3 Å². The molecule has 1 atom stereocenters. The highest BCUT2D eigenvalue weighted by atomic mass is 32.2. The van der Waals surface area contributed by atoms with E-state index in [-0.39, 0.29) is 16.5 Å². The number of phenolic OH excluding ortho intramolecular Hbond substituents is 1. The van der Waals surface area contributed by atoms with Crippen molar-refractivity contribution in [2.75, 3.05) is 4.31 Å². The zero-order valence-electron chi connectivity index (χ0n) is 14.9. The Morgan fingerprint density at radius 3 is 2.69 bits per heavy atom. The molecule has 3 rings (SSSR count). The van der Waals surface area contributed by atoms with Crippen molar-refractivity contribution in [3.8, 4) is 11.8 Å². The number of para-hydroxylation sites is 1. The Bertz CT molecular complexity index is 977. The second-order valence-corrected chi connectivity index (χ2v) is 8.27. The van der Waals surface area contributed by atoms with Crippen LogP contribution >= 0.6 is 0 Å². The molecule has 0 radical (unpaired) electrons. The van der Waals surface area contributed by atoms with Crippen LogP contribution in [-0.4, -0.2) is 19.6 Å². The molecule has 0 spiro atoms. The van der Waals surface area contributed by atoms with E-state index in [0.717, 1.165) is 24.8 Å². The van der Waals surface area contributed by atoms with Crippen molar-refractivity contribution in [2.24, 2.45) is 0 Å². The quantitative estimate of drug-likeness (QED) is 0.889. The maximum atomic E-state index is 13.4. The average molecular weight is 370 g/mol. The van der Waals surface area contributed by atoms with Crippen molar-refractivity contribution in [3.63, 3.8) is 0 Å². The van der Waals surface area contributed by atoms with Gasteiger partial charge >= 0.3 is 0 Å². The Morgan fingerprint density at radius 2 is 2.04 bits per heavy atom. The van der Waals surface area contributed by atoms with Crippen LogP contribution in [0.15, 0.2) is 41.3 Å². The fourth-order valence-electron chi connectivity index (χ4n) is 3.53. The molecule has 0 amide bonds. The third-order valence-corrected chi connectivity index (χ3v) is 6.89. The van der Waals surface area contributed by atoms with Crippen LogP contribution in [0.3, 0.4) is 0 Å². The van der Waals surface area contributed by atoms with Crippen LogP contribution in [0.4, 0.5) is 5.69 Å². The van der Waals surface area contributed by atoms with Gasteiger partial charge in [-0.25, -0.2) is 8.42 Å². The van der Waals surface area contributed by atoms with E-state index in [4.69, 9.17) is 5.26 Å². The van der Waals surface area contributed by atoms with Crippen LogP contribution < -0.4 is 4.31 Å². The summed E-state index contributed by atoms with van der Waals surface area (Å²) >= 11 is 0. The molecule has 6 heteroatoms. The highest BCUT2D eigenvalue weighted by Crippen LogP contribution is 2.39. The molecule has 1 aliphatic heterocycles. The molecule has 0 fully saturated rings. The Hall–Kier alpha value is -2.52. The van der Waals surface area contributed by atoms with Crippen LogP contribution in [0.5, 0.6) is 5.75 Å². The van der Waals surface area contributed by atoms with Crippen molar-refractivity contribution in [1.82, 2.24) is 0 Å². The Morgan fingerprint density at radius 1 is 1.27 bits per heavy atom. The first-order valence-electron chi connectivity index (χ1n) is 8.82. The third-order valence-electron chi connectivity index (χ3n) is 5.00. The number of sulfonamides is 1. The Kier molecular flexibility index (Phi) is 4.92. The molecule has 2 aromatic carbocycles. The predicted molar refractivity (Wildman–Crippen MR) is 101 cm³/mol. The highest BCUT2D eigenvalue weighted by molar-refractivity contribution is 7.93. The Labute approximate surface area is 154 Å². The van der Waals surface area contributed by atoms with Crippen molar-refractivity contribution in [1.29, 1.82) is 5.26 Å². The van der Waals surface area contributed by atoms with E-state index < -0.39 is 15.8 Å². The standard InChI is InChI=1S/C20H22N2O3S/c1-3-14-8-11-18-15(12-14)9-10-17(4-2)22(18)26(24,25)19-7-5-6-16(13-21)20(19)23/h5-8,11-12,17,23H,3-4,9-10H2,1-2H3. The minimum atomic E-state index is -3.99. The number of phenols is 1. The molecule has 0 bridgehead atoms. The normalized spacial score (nSPS) is 16.8. The van der Waals surface area contributed by atoms with Gasteiger partial charge in [-0.05, 0) is 55.0 Å². The predicted octanol–water partition coefficient (Wildman–Crippen LogP) is 3.75. The van der Waals surface area contributed by atoms with Crippen molar-refractivity contribution in [2.45, 2.75) is 50.5 Å². The molecule has 0 aromatic heterocycles. The zero-order valence-corrected chi connectivity index (χ0v) is 15.8. The lowest BCUT2D eigenvalue weighted by molar-refractivity contribution is 0.455. The molecule has 1 unspecified atom stereocenters. The number of nitrogens with zero attached hydrogens (tertiary/aromatic N) is 2. The second-order valence-electron chi connectivity index (χ2n) is 6.48. The van der Waals surface area contributed by atoms with E-state index in [9.17, 15) is 13.5 Å². The van der Waals surface area contributed by atoms with Crippen LogP contribution in [0.25, 0.3) is 0 Å². The summed E-state index contributed by atoms with van der Waals surface area (Å²) in [6.45, 7) is 4.03. The number of nitriles is 1. The highest BCUT2D eigenvalue weighted by Gasteiger charge is 2.37. The van der Waals surface area contributed by atoms with Gasteiger partial charge in [-0.3, -0.25) is 4.31 Å². The van der Waals surface area contributed by atoms with Gasteiger partial charge in [-0.2, -0.15) is 5.26 Å². The van der Waals surface area contributed by atoms with Crippen molar-refractivity contribution < 1.29 is 13.5 Å². The van der Waals surface area contributed by atoms with Crippen LogP contribution in [0, 0.1) is 11.3 Å². The van der Waals surface area contributed by atoms with Crippen LogP contribution in [0.2, 0.25) is 0 Å². The summed E-state index contributed by atoms with van der Waals surface area (Å²) in [4.78, 5) is -0.220. The number of aryl methyl sites for hydroxylation is 2. The lowest BCUT2D eigenvalue weighted by atomic mass is 9.94. The first-order valence-corrected chi connectivity index (χ1v) is 10.3.